The molecule has 0 unspecified atom stereocenters. The first-order chi connectivity index (χ1) is 13.5. The van der Waals surface area contributed by atoms with E-state index in [4.69, 9.17) is 9.47 Å². The molecule has 2 aromatic carbocycles. The number of phenols is 1. The lowest BCUT2D eigenvalue weighted by Gasteiger charge is -2.08. The molecule has 0 aliphatic carbocycles. The minimum Gasteiger partial charge on any atom is -0.504 e. The van der Waals surface area contributed by atoms with Crippen molar-refractivity contribution in [2.24, 2.45) is 4.99 Å². The van der Waals surface area contributed by atoms with Crippen molar-refractivity contribution in [3.63, 3.8) is 0 Å². The first kappa shape index (κ1) is 20.9. The van der Waals surface area contributed by atoms with Crippen LogP contribution in [0.25, 0.3) is 0 Å². The van der Waals surface area contributed by atoms with Crippen LogP contribution >= 0.6 is 0 Å². The molecule has 0 amide bonds. The van der Waals surface area contributed by atoms with Gasteiger partial charge in [-0.25, -0.2) is 4.79 Å². The van der Waals surface area contributed by atoms with Crippen LogP contribution in [0.3, 0.4) is 0 Å². The summed E-state index contributed by atoms with van der Waals surface area (Å²) in [6, 6.07) is 8.77. The molecular weight excluding hydrogens is 364 g/mol. The van der Waals surface area contributed by atoms with Crippen molar-refractivity contribution >= 4 is 23.6 Å². The van der Waals surface area contributed by atoms with Crippen LogP contribution in [0.5, 0.6) is 11.5 Å². The Hall–Kier alpha value is -3.42. The molecule has 0 heterocycles. The normalized spacial score (nSPS) is 10.8. The van der Waals surface area contributed by atoms with Gasteiger partial charge in [0, 0.05) is 17.8 Å². The summed E-state index contributed by atoms with van der Waals surface area (Å²) in [6.07, 6.45) is 3.06. The zero-order chi connectivity index (χ0) is 20.5. The van der Waals surface area contributed by atoms with E-state index < -0.39 is 10.9 Å². The Morgan fingerprint density at radius 3 is 2.57 bits per heavy atom. The summed E-state index contributed by atoms with van der Waals surface area (Å²) < 4.78 is 10.4. The molecule has 148 valence electrons. The third-order valence-corrected chi connectivity index (χ3v) is 3.79. The van der Waals surface area contributed by atoms with Gasteiger partial charge in [0.2, 0.25) is 0 Å². The second-order valence-corrected chi connectivity index (χ2v) is 5.87. The molecule has 0 aliphatic rings. The van der Waals surface area contributed by atoms with Crippen LogP contribution in [0.4, 0.5) is 11.4 Å². The number of non-ortho nitro benzene ring substituents is 1. The second kappa shape index (κ2) is 10.1. The predicted molar refractivity (Wildman–Crippen MR) is 105 cm³/mol. The lowest BCUT2D eigenvalue weighted by atomic mass is 10.1. The molecule has 0 radical (unpaired) electrons. The quantitative estimate of drug-likeness (QED) is 0.225. The Morgan fingerprint density at radius 2 is 1.96 bits per heavy atom. The summed E-state index contributed by atoms with van der Waals surface area (Å²) in [5.41, 5.74) is 0.856. The van der Waals surface area contributed by atoms with Crippen molar-refractivity contribution in [2.45, 2.75) is 26.7 Å². The van der Waals surface area contributed by atoms with E-state index >= 15 is 0 Å². The molecule has 0 bridgehead atoms. The van der Waals surface area contributed by atoms with Gasteiger partial charge < -0.3 is 14.6 Å². The standard InChI is InChI=1S/C20H22N2O6/c1-3-5-10-28-20(24)14-6-8-16(9-7-14)21-13-15-11-17(22(25)26)12-18(19(15)23)27-4-2/h6-9,11-13,23H,3-5,10H2,1-2H3. The molecule has 0 saturated heterocycles. The van der Waals surface area contributed by atoms with E-state index in [1.165, 1.54) is 12.3 Å². The Morgan fingerprint density at radius 1 is 1.25 bits per heavy atom. The second-order valence-electron chi connectivity index (χ2n) is 5.87. The average molecular weight is 386 g/mol. The molecule has 1 N–H and O–H groups in total. The fourth-order valence-electron chi connectivity index (χ4n) is 2.30. The topological polar surface area (TPSA) is 111 Å². The number of aliphatic imine (C=N–C) groups is 1. The Balaban J connectivity index is 2.19. The van der Waals surface area contributed by atoms with Crippen molar-refractivity contribution in [3.8, 4) is 11.5 Å². The molecule has 0 atom stereocenters. The number of carbonyl (C=O) groups excluding carboxylic acids is 1. The highest BCUT2D eigenvalue weighted by Crippen LogP contribution is 2.34. The van der Waals surface area contributed by atoms with Crippen LogP contribution in [-0.4, -0.2) is 35.4 Å². The van der Waals surface area contributed by atoms with Gasteiger partial charge in [-0.15, -0.1) is 0 Å². The van der Waals surface area contributed by atoms with Crippen LogP contribution in [0.15, 0.2) is 41.4 Å². The van der Waals surface area contributed by atoms with Gasteiger partial charge in [0.1, 0.15) is 0 Å². The summed E-state index contributed by atoms with van der Waals surface area (Å²) in [6.45, 7) is 4.35. The number of hydrogen-bond acceptors (Lipinski definition) is 7. The fraction of sp³-hybridized carbons (Fsp3) is 0.300. The largest absolute Gasteiger partial charge is 0.504 e. The van der Waals surface area contributed by atoms with Crippen molar-refractivity contribution in [3.05, 3.63) is 57.6 Å². The molecule has 2 aromatic rings. The van der Waals surface area contributed by atoms with E-state index in [1.807, 2.05) is 6.92 Å². The zero-order valence-electron chi connectivity index (χ0n) is 15.8. The van der Waals surface area contributed by atoms with Crippen molar-refractivity contribution in [1.29, 1.82) is 0 Å². The van der Waals surface area contributed by atoms with Crippen molar-refractivity contribution in [1.82, 2.24) is 0 Å². The number of nitro groups is 1. The predicted octanol–water partition coefficient (Wildman–Crippen LogP) is 4.41. The van der Waals surface area contributed by atoms with Gasteiger partial charge in [-0.05, 0) is 37.6 Å². The van der Waals surface area contributed by atoms with Gasteiger partial charge in [0.15, 0.2) is 11.5 Å². The van der Waals surface area contributed by atoms with Crippen LogP contribution in [0.2, 0.25) is 0 Å². The third-order valence-electron chi connectivity index (χ3n) is 3.79. The maximum absolute atomic E-state index is 11.9. The summed E-state index contributed by atoms with van der Waals surface area (Å²) in [7, 11) is 0. The number of phenolic OH excluding ortho intramolecular Hbond substituents is 1. The Labute approximate surface area is 162 Å². The highest BCUT2D eigenvalue weighted by molar-refractivity contribution is 5.90. The van der Waals surface area contributed by atoms with E-state index in [9.17, 15) is 20.0 Å². The molecule has 8 heteroatoms. The molecule has 0 fully saturated rings. The molecular formula is C20H22N2O6. The average Bonchev–Trinajstić information content (AvgIpc) is 2.69. The maximum Gasteiger partial charge on any atom is 0.338 e. The molecule has 2 rings (SSSR count). The molecule has 8 nitrogen and oxygen atoms in total. The number of unbranched alkanes of at least 4 members (excludes halogenated alkanes) is 1. The van der Waals surface area contributed by atoms with Crippen LogP contribution < -0.4 is 4.74 Å². The number of nitrogens with zero attached hydrogens (tertiary/aromatic N) is 2. The lowest BCUT2D eigenvalue weighted by Crippen LogP contribution is -2.05. The Bertz CT molecular complexity index is 862. The summed E-state index contributed by atoms with van der Waals surface area (Å²) in [5, 5.41) is 21.3. The molecule has 0 aromatic heterocycles. The number of rotatable bonds is 9. The van der Waals surface area contributed by atoms with Crippen LogP contribution in [0, 0.1) is 10.1 Å². The maximum atomic E-state index is 11.9. The number of aromatic hydroxyl groups is 1. The van der Waals surface area contributed by atoms with Gasteiger partial charge in [-0.1, -0.05) is 13.3 Å². The SMILES string of the molecule is CCCCOC(=O)c1ccc(N=Cc2cc([N+](=O)[O-])cc(OCC)c2O)cc1. The van der Waals surface area contributed by atoms with Crippen LogP contribution in [0.1, 0.15) is 42.6 Å². The van der Waals surface area contributed by atoms with E-state index in [1.54, 1.807) is 31.2 Å². The first-order valence-corrected chi connectivity index (χ1v) is 8.91. The van der Waals surface area contributed by atoms with Gasteiger partial charge in [-0.2, -0.15) is 0 Å². The van der Waals surface area contributed by atoms with Crippen molar-refractivity contribution in [2.75, 3.05) is 13.2 Å². The van der Waals surface area contributed by atoms with E-state index in [0.717, 1.165) is 18.9 Å². The number of benzene rings is 2. The minimum absolute atomic E-state index is 0.0170. The highest BCUT2D eigenvalue weighted by Gasteiger charge is 2.16. The molecule has 0 aliphatic heterocycles. The summed E-state index contributed by atoms with van der Waals surface area (Å²) in [5.74, 6) is -0.614. The van der Waals surface area contributed by atoms with E-state index in [-0.39, 0.29) is 29.4 Å². The smallest absolute Gasteiger partial charge is 0.338 e. The lowest BCUT2D eigenvalue weighted by molar-refractivity contribution is -0.385. The number of nitro benzene ring substituents is 1. The summed E-state index contributed by atoms with van der Waals surface area (Å²) in [4.78, 5) is 26.6. The van der Waals surface area contributed by atoms with Gasteiger partial charge in [0.05, 0.1) is 35.5 Å². The van der Waals surface area contributed by atoms with Gasteiger partial charge >= 0.3 is 5.97 Å². The molecule has 28 heavy (non-hydrogen) atoms. The van der Waals surface area contributed by atoms with Gasteiger partial charge in [-0.3, -0.25) is 15.1 Å². The Kier molecular flexibility index (Phi) is 7.50. The number of esters is 1. The fourth-order valence-corrected chi connectivity index (χ4v) is 2.30. The zero-order valence-corrected chi connectivity index (χ0v) is 15.8. The number of carbonyl (C=O) groups is 1. The van der Waals surface area contributed by atoms with E-state index in [2.05, 4.69) is 4.99 Å². The minimum atomic E-state index is -0.571. The van der Waals surface area contributed by atoms with Gasteiger partial charge in [0.25, 0.3) is 5.69 Å². The summed E-state index contributed by atoms with van der Waals surface area (Å²) >= 11 is 0. The monoisotopic (exact) mass is 386 g/mol. The molecule has 0 spiro atoms. The van der Waals surface area contributed by atoms with Crippen LogP contribution in [-0.2, 0) is 4.74 Å². The first-order valence-electron chi connectivity index (χ1n) is 8.91. The number of hydrogen-bond donors (Lipinski definition) is 1. The third kappa shape index (κ3) is 5.54. The van der Waals surface area contributed by atoms with E-state index in [0.29, 0.717) is 17.9 Å². The molecule has 0 saturated carbocycles. The highest BCUT2D eigenvalue weighted by atomic mass is 16.6. The van der Waals surface area contributed by atoms with Crippen molar-refractivity contribution < 1.29 is 24.3 Å². The number of ether oxygens (including phenoxy) is 2.